The van der Waals surface area contributed by atoms with Gasteiger partial charge in [0.25, 0.3) is 0 Å². The van der Waals surface area contributed by atoms with Crippen molar-refractivity contribution in [2.24, 2.45) is 5.92 Å². The fourth-order valence-electron chi connectivity index (χ4n) is 2.14. The predicted octanol–water partition coefficient (Wildman–Crippen LogP) is 1.78. The molecule has 1 fully saturated rings. The number of rotatable bonds is 9. The zero-order valence-electron chi connectivity index (χ0n) is 11.1. The molecule has 96 valence electrons. The maximum Gasteiger partial charge on any atom is 0.0690 e. The summed E-state index contributed by atoms with van der Waals surface area (Å²) in [6.07, 6.45) is 4.99. The van der Waals surface area contributed by atoms with Gasteiger partial charge in [0.2, 0.25) is 0 Å². The molecule has 2 N–H and O–H groups in total. The molecule has 3 nitrogen and oxygen atoms in total. The highest BCUT2D eigenvalue weighted by Crippen LogP contribution is 2.37. The van der Waals surface area contributed by atoms with Crippen LogP contribution < -0.4 is 10.6 Å². The smallest absolute Gasteiger partial charge is 0.0690 e. The largest absolute Gasteiger partial charge is 0.378 e. The van der Waals surface area contributed by atoms with Crippen molar-refractivity contribution < 1.29 is 4.74 Å². The second-order valence-corrected chi connectivity index (χ2v) is 5.34. The van der Waals surface area contributed by atoms with Gasteiger partial charge in [0, 0.05) is 20.2 Å². The van der Waals surface area contributed by atoms with E-state index < -0.39 is 0 Å². The van der Waals surface area contributed by atoms with Gasteiger partial charge in [-0.3, -0.25) is 0 Å². The monoisotopic (exact) mass is 228 g/mol. The third kappa shape index (κ3) is 4.81. The van der Waals surface area contributed by atoms with Crippen LogP contribution in [0, 0.1) is 5.92 Å². The average molecular weight is 228 g/mol. The van der Waals surface area contributed by atoms with Gasteiger partial charge < -0.3 is 15.4 Å². The Labute approximate surface area is 100 Å². The summed E-state index contributed by atoms with van der Waals surface area (Å²) in [6, 6.07) is 0. The third-order valence-electron chi connectivity index (χ3n) is 3.49. The molecule has 1 aliphatic carbocycles. The molecule has 0 radical (unpaired) electrons. The lowest BCUT2D eigenvalue weighted by Gasteiger charge is -2.40. The van der Waals surface area contributed by atoms with Crippen LogP contribution in [0.2, 0.25) is 0 Å². The van der Waals surface area contributed by atoms with Crippen LogP contribution >= 0.6 is 0 Å². The van der Waals surface area contributed by atoms with Crippen molar-refractivity contribution in [2.75, 3.05) is 33.3 Å². The molecule has 0 atom stereocenters. The van der Waals surface area contributed by atoms with Crippen LogP contribution in [0.3, 0.4) is 0 Å². The minimum absolute atomic E-state index is 0.221. The lowest BCUT2D eigenvalue weighted by Crippen LogP contribution is -2.42. The van der Waals surface area contributed by atoms with Crippen LogP contribution in [0.4, 0.5) is 0 Å². The molecule has 0 aliphatic heterocycles. The molecule has 0 unspecified atom stereocenters. The van der Waals surface area contributed by atoms with Crippen LogP contribution in [-0.2, 0) is 4.74 Å². The van der Waals surface area contributed by atoms with E-state index in [2.05, 4.69) is 24.5 Å². The van der Waals surface area contributed by atoms with E-state index >= 15 is 0 Å². The van der Waals surface area contributed by atoms with E-state index in [0.29, 0.717) is 0 Å². The van der Waals surface area contributed by atoms with Crippen LogP contribution in [0.5, 0.6) is 0 Å². The van der Waals surface area contributed by atoms with Crippen LogP contribution in [0.25, 0.3) is 0 Å². The molecule has 1 rings (SSSR count). The van der Waals surface area contributed by atoms with Crippen LogP contribution in [0.1, 0.15) is 39.5 Å². The van der Waals surface area contributed by atoms with Crippen LogP contribution in [0.15, 0.2) is 0 Å². The van der Waals surface area contributed by atoms with E-state index in [-0.39, 0.29) is 5.60 Å². The molecule has 0 heterocycles. The molecule has 3 heteroatoms. The van der Waals surface area contributed by atoms with E-state index in [0.717, 1.165) is 38.5 Å². The van der Waals surface area contributed by atoms with E-state index in [1.165, 1.54) is 19.3 Å². The standard InChI is InChI=1S/C13H28N2O/c1-12(2)11-15-10-9-14-8-7-13(16-3)5-4-6-13/h12,14-15H,4-11H2,1-3H3. The molecule has 1 aliphatic rings. The Balaban J connectivity index is 1.88. The first kappa shape index (κ1) is 13.9. The number of nitrogens with one attached hydrogen (secondary N) is 2. The summed E-state index contributed by atoms with van der Waals surface area (Å²) < 4.78 is 5.58. The molecule has 0 aromatic heterocycles. The fraction of sp³-hybridized carbons (Fsp3) is 1.00. The quantitative estimate of drug-likeness (QED) is 0.590. The predicted molar refractivity (Wildman–Crippen MR) is 68.8 cm³/mol. The van der Waals surface area contributed by atoms with Crippen LogP contribution in [-0.4, -0.2) is 38.9 Å². The highest BCUT2D eigenvalue weighted by Gasteiger charge is 2.35. The summed E-state index contributed by atoms with van der Waals surface area (Å²) in [5.41, 5.74) is 0.221. The van der Waals surface area contributed by atoms with Crippen molar-refractivity contribution >= 4 is 0 Å². The first-order chi connectivity index (χ1) is 7.68. The molecule has 0 aromatic carbocycles. The van der Waals surface area contributed by atoms with E-state index in [1.54, 1.807) is 0 Å². The summed E-state index contributed by atoms with van der Waals surface area (Å²) in [7, 11) is 1.85. The van der Waals surface area contributed by atoms with Gasteiger partial charge in [-0.25, -0.2) is 0 Å². The first-order valence-electron chi connectivity index (χ1n) is 6.65. The fourth-order valence-corrected chi connectivity index (χ4v) is 2.14. The van der Waals surface area contributed by atoms with Crippen molar-refractivity contribution in [1.29, 1.82) is 0 Å². The second-order valence-electron chi connectivity index (χ2n) is 5.34. The summed E-state index contributed by atoms with van der Waals surface area (Å²) in [6.45, 7) is 8.80. The molecule has 0 aromatic rings. The minimum Gasteiger partial charge on any atom is -0.378 e. The van der Waals surface area contributed by atoms with Crippen molar-refractivity contribution in [3.8, 4) is 0 Å². The first-order valence-corrected chi connectivity index (χ1v) is 6.65. The van der Waals surface area contributed by atoms with Gasteiger partial charge in [-0.2, -0.15) is 0 Å². The summed E-state index contributed by atoms with van der Waals surface area (Å²) in [5, 5.41) is 6.91. The zero-order valence-corrected chi connectivity index (χ0v) is 11.1. The minimum atomic E-state index is 0.221. The summed E-state index contributed by atoms with van der Waals surface area (Å²) in [5.74, 6) is 0.742. The van der Waals surface area contributed by atoms with Gasteiger partial charge in [0.1, 0.15) is 0 Å². The number of ether oxygens (including phenoxy) is 1. The Morgan fingerprint density at radius 1 is 1.12 bits per heavy atom. The second kappa shape index (κ2) is 7.25. The molecule has 0 spiro atoms. The Hall–Kier alpha value is -0.120. The number of hydrogen-bond acceptors (Lipinski definition) is 3. The van der Waals surface area contributed by atoms with E-state index in [9.17, 15) is 0 Å². The zero-order chi connectivity index (χ0) is 11.9. The molecule has 1 saturated carbocycles. The Morgan fingerprint density at radius 2 is 1.81 bits per heavy atom. The van der Waals surface area contributed by atoms with Crippen molar-refractivity contribution in [1.82, 2.24) is 10.6 Å². The molecule has 0 saturated heterocycles. The lowest BCUT2D eigenvalue weighted by atomic mass is 9.77. The van der Waals surface area contributed by atoms with Gasteiger partial charge in [0.15, 0.2) is 0 Å². The Bertz CT molecular complexity index is 173. The molecular weight excluding hydrogens is 200 g/mol. The average Bonchev–Trinajstić information content (AvgIpc) is 2.19. The van der Waals surface area contributed by atoms with Crippen molar-refractivity contribution in [3.63, 3.8) is 0 Å². The maximum atomic E-state index is 5.58. The molecule has 0 bridgehead atoms. The Kier molecular flexibility index (Phi) is 6.32. The van der Waals surface area contributed by atoms with E-state index in [4.69, 9.17) is 4.74 Å². The topological polar surface area (TPSA) is 33.3 Å². The molecule has 16 heavy (non-hydrogen) atoms. The van der Waals surface area contributed by atoms with Crippen molar-refractivity contribution in [3.05, 3.63) is 0 Å². The highest BCUT2D eigenvalue weighted by atomic mass is 16.5. The SMILES string of the molecule is COC1(CCNCCNCC(C)C)CCC1. The van der Waals surface area contributed by atoms with Gasteiger partial charge in [0.05, 0.1) is 5.60 Å². The number of methoxy groups -OCH3 is 1. The summed E-state index contributed by atoms with van der Waals surface area (Å²) >= 11 is 0. The van der Waals surface area contributed by atoms with E-state index in [1.807, 2.05) is 7.11 Å². The molecule has 0 amide bonds. The Morgan fingerprint density at radius 3 is 2.31 bits per heavy atom. The maximum absolute atomic E-state index is 5.58. The third-order valence-corrected chi connectivity index (χ3v) is 3.49. The highest BCUT2D eigenvalue weighted by molar-refractivity contribution is 4.89. The summed E-state index contributed by atoms with van der Waals surface area (Å²) in [4.78, 5) is 0. The normalized spacial score (nSPS) is 18.8. The number of hydrogen-bond donors (Lipinski definition) is 2. The van der Waals surface area contributed by atoms with Crippen molar-refractivity contribution in [2.45, 2.75) is 45.1 Å². The lowest BCUT2D eigenvalue weighted by molar-refractivity contribution is -0.0767. The van der Waals surface area contributed by atoms with Gasteiger partial charge >= 0.3 is 0 Å². The van der Waals surface area contributed by atoms with Gasteiger partial charge in [-0.1, -0.05) is 13.8 Å². The van der Waals surface area contributed by atoms with Gasteiger partial charge in [-0.05, 0) is 44.7 Å². The van der Waals surface area contributed by atoms with Gasteiger partial charge in [-0.15, -0.1) is 0 Å². The molecular formula is C13H28N2O.